The molecule has 8 heteroatoms. The summed E-state index contributed by atoms with van der Waals surface area (Å²) in [6, 6.07) is 0. The summed E-state index contributed by atoms with van der Waals surface area (Å²) in [6.45, 7) is 9.05. The van der Waals surface area contributed by atoms with Gasteiger partial charge in [-0.25, -0.2) is 4.79 Å². The molecule has 2 amide bonds. The van der Waals surface area contributed by atoms with Gasteiger partial charge < -0.3 is 15.4 Å². The molecule has 0 aliphatic rings. The van der Waals surface area contributed by atoms with Gasteiger partial charge >= 0.3 is 6.09 Å². The van der Waals surface area contributed by atoms with Gasteiger partial charge in [0.25, 0.3) is 5.91 Å². The molecule has 8 nitrogen and oxygen atoms in total. The maximum atomic E-state index is 11.5. The lowest BCUT2D eigenvalue weighted by Crippen LogP contribution is -2.33. The number of rotatable bonds is 7. The molecule has 0 saturated carbocycles. The number of nitrogens with zero attached hydrogens (tertiary/aromatic N) is 3. The maximum absolute atomic E-state index is 11.5. The molecule has 0 unspecified atom stereocenters. The number of hydrogen-bond donors (Lipinski definition) is 2. The molecular formula is C14H25N5O3. The Kier molecular flexibility index (Phi) is 6.81. The molecule has 0 aliphatic heterocycles. The molecule has 0 spiro atoms. The third kappa shape index (κ3) is 7.05. The first-order valence-corrected chi connectivity index (χ1v) is 7.47. The maximum Gasteiger partial charge on any atom is 0.407 e. The first-order chi connectivity index (χ1) is 10.3. The summed E-state index contributed by atoms with van der Waals surface area (Å²) in [5.41, 5.74) is -0.172. The second kappa shape index (κ2) is 8.35. The van der Waals surface area contributed by atoms with E-state index in [1.165, 1.54) is 0 Å². The first kappa shape index (κ1) is 17.9. The SMILES string of the molecule is CCNC(=O)c1cn(CCCCNC(=O)OC(C)(C)C)nn1. The van der Waals surface area contributed by atoms with Gasteiger partial charge in [-0.05, 0) is 40.5 Å². The Balaban J connectivity index is 2.20. The molecule has 2 N–H and O–H groups in total. The number of aromatic nitrogens is 3. The van der Waals surface area contributed by atoms with E-state index < -0.39 is 11.7 Å². The van der Waals surface area contributed by atoms with Crippen LogP contribution in [0.2, 0.25) is 0 Å². The fraction of sp³-hybridized carbons (Fsp3) is 0.714. The van der Waals surface area contributed by atoms with E-state index in [2.05, 4.69) is 20.9 Å². The zero-order chi connectivity index (χ0) is 16.6. The molecule has 1 heterocycles. The van der Waals surface area contributed by atoms with E-state index in [1.807, 2.05) is 27.7 Å². The number of carbonyl (C=O) groups excluding carboxylic acids is 2. The van der Waals surface area contributed by atoms with Gasteiger partial charge in [-0.1, -0.05) is 5.21 Å². The molecule has 22 heavy (non-hydrogen) atoms. The topological polar surface area (TPSA) is 98.1 Å². The highest BCUT2D eigenvalue weighted by molar-refractivity contribution is 5.91. The molecule has 0 fully saturated rings. The van der Waals surface area contributed by atoms with Crippen molar-refractivity contribution in [1.82, 2.24) is 25.6 Å². The van der Waals surface area contributed by atoms with Gasteiger partial charge in [0.15, 0.2) is 5.69 Å². The van der Waals surface area contributed by atoms with E-state index >= 15 is 0 Å². The lowest BCUT2D eigenvalue weighted by Gasteiger charge is -2.19. The number of amides is 2. The average molecular weight is 311 g/mol. The van der Waals surface area contributed by atoms with E-state index in [0.717, 1.165) is 12.8 Å². The molecular weight excluding hydrogens is 286 g/mol. The van der Waals surface area contributed by atoms with E-state index in [9.17, 15) is 9.59 Å². The van der Waals surface area contributed by atoms with Gasteiger partial charge in [-0.2, -0.15) is 0 Å². The van der Waals surface area contributed by atoms with Crippen LogP contribution in [0.4, 0.5) is 4.79 Å². The van der Waals surface area contributed by atoms with E-state index in [-0.39, 0.29) is 5.91 Å². The van der Waals surface area contributed by atoms with Crippen molar-refractivity contribution in [3.8, 4) is 0 Å². The van der Waals surface area contributed by atoms with Crippen LogP contribution < -0.4 is 10.6 Å². The van der Waals surface area contributed by atoms with Crippen molar-refractivity contribution in [3.05, 3.63) is 11.9 Å². The Labute approximate surface area is 130 Å². The average Bonchev–Trinajstić information content (AvgIpc) is 2.85. The number of unbranched alkanes of at least 4 members (excludes halogenated alkanes) is 1. The Bertz CT molecular complexity index is 493. The minimum atomic E-state index is -0.486. The highest BCUT2D eigenvalue weighted by atomic mass is 16.6. The van der Waals surface area contributed by atoms with Crippen molar-refractivity contribution in [1.29, 1.82) is 0 Å². The standard InChI is InChI=1S/C14H25N5O3/c1-5-15-12(20)11-10-19(18-17-11)9-7-6-8-16-13(21)22-14(2,3)4/h10H,5-9H2,1-4H3,(H,15,20)(H,16,21). The van der Waals surface area contributed by atoms with Crippen LogP contribution >= 0.6 is 0 Å². The second-order valence-corrected chi connectivity index (χ2v) is 5.86. The zero-order valence-corrected chi connectivity index (χ0v) is 13.7. The van der Waals surface area contributed by atoms with Crippen LogP contribution in [0, 0.1) is 0 Å². The van der Waals surface area contributed by atoms with Crippen molar-refractivity contribution in [2.24, 2.45) is 0 Å². The number of aryl methyl sites for hydroxylation is 1. The van der Waals surface area contributed by atoms with Crippen LogP contribution in [-0.2, 0) is 11.3 Å². The molecule has 0 aromatic carbocycles. The predicted octanol–water partition coefficient (Wildman–Crippen LogP) is 1.33. The van der Waals surface area contributed by atoms with Gasteiger partial charge in [0.1, 0.15) is 5.60 Å². The van der Waals surface area contributed by atoms with Crippen molar-refractivity contribution >= 4 is 12.0 Å². The first-order valence-electron chi connectivity index (χ1n) is 7.47. The van der Waals surface area contributed by atoms with Crippen molar-refractivity contribution in [2.45, 2.75) is 52.7 Å². The summed E-state index contributed by atoms with van der Waals surface area (Å²) < 4.78 is 6.76. The minimum Gasteiger partial charge on any atom is -0.444 e. The molecule has 124 valence electrons. The number of carbonyl (C=O) groups is 2. The van der Waals surface area contributed by atoms with Crippen LogP contribution in [0.3, 0.4) is 0 Å². The van der Waals surface area contributed by atoms with E-state index in [4.69, 9.17) is 4.74 Å². The van der Waals surface area contributed by atoms with Gasteiger partial charge in [0, 0.05) is 19.6 Å². The van der Waals surface area contributed by atoms with Crippen LogP contribution in [-0.4, -0.2) is 45.7 Å². The lowest BCUT2D eigenvalue weighted by atomic mass is 10.2. The van der Waals surface area contributed by atoms with Crippen LogP contribution in [0.15, 0.2) is 6.20 Å². The van der Waals surface area contributed by atoms with Gasteiger partial charge in [0.05, 0.1) is 6.20 Å². The van der Waals surface area contributed by atoms with Crippen molar-refractivity contribution in [3.63, 3.8) is 0 Å². The smallest absolute Gasteiger partial charge is 0.407 e. The van der Waals surface area contributed by atoms with Gasteiger partial charge in [-0.15, -0.1) is 5.10 Å². The normalized spacial score (nSPS) is 11.1. The lowest BCUT2D eigenvalue weighted by molar-refractivity contribution is 0.0526. The van der Waals surface area contributed by atoms with Crippen LogP contribution in [0.1, 0.15) is 51.0 Å². The summed E-state index contributed by atoms with van der Waals surface area (Å²) in [6.07, 6.45) is 2.81. The Morgan fingerprint density at radius 2 is 2.00 bits per heavy atom. The zero-order valence-electron chi connectivity index (χ0n) is 13.7. The number of hydrogen-bond acceptors (Lipinski definition) is 5. The third-order valence-electron chi connectivity index (χ3n) is 2.59. The monoisotopic (exact) mass is 311 g/mol. The molecule has 0 bridgehead atoms. The molecule has 0 atom stereocenters. The van der Waals surface area contributed by atoms with Crippen LogP contribution in [0.5, 0.6) is 0 Å². The molecule has 0 radical (unpaired) electrons. The second-order valence-electron chi connectivity index (χ2n) is 5.86. The number of nitrogens with one attached hydrogen (secondary N) is 2. The Morgan fingerprint density at radius 1 is 1.27 bits per heavy atom. The number of ether oxygens (including phenoxy) is 1. The Hall–Kier alpha value is -2.12. The molecule has 0 saturated heterocycles. The van der Waals surface area contributed by atoms with E-state index in [1.54, 1.807) is 10.9 Å². The highest BCUT2D eigenvalue weighted by Crippen LogP contribution is 2.06. The third-order valence-corrected chi connectivity index (χ3v) is 2.59. The summed E-state index contributed by atoms with van der Waals surface area (Å²) >= 11 is 0. The fourth-order valence-corrected chi connectivity index (χ4v) is 1.67. The predicted molar refractivity (Wildman–Crippen MR) is 81.5 cm³/mol. The van der Waals surface area contributed by atoms with Crippen molar-refractivity contribution < 1.29 is 14.3 Å². The highest BCUT2D eigenvalue weighted by Gasteiger charge is 2.15. The Morgan fingerprint density at radius 3 is 2.64 bits per heavy atom. The van der Waals surface area contributed by atoms with Gasteiger partial charge in [-0.3, -0.25) is 9.48 Å². The molecule has 1 rings (SSSR count). The van der Waals surface area contributed by atoms with Crippen LogP contribution in [0.25, 0.3) is 0 Å². The molecule has 1 aromatic rings. The molecule has 0 aliphatic carbocycles. The van der Waals surface area contributed by atoms with E-state index in [0.29, 0.717) is 25.3 Å². The fourth-order valence-electron chi connectivity index (χ4n) is 1.67. The summed E-state index contributed by atoms with van der Waals surface area (Å²) in [5, 5.41) is 13.1. The molecule has 1 aromatic heterocycles. The summed E-state index contributed by atoms with van der Waals surface area (Å²) in [7, 11) is 0. The number of alkyl carbamates (subject to hydrolysis) is 1. The largest absolute Gasteiger partial charge is 0.444 e. The van der Waals surface area contributed by atoms with Gasteiger partial charge in [0.2, 0.25) is 0 Å². The summed E-state index contributed by atoms with van der Waals surface area (Å²) in [5.74, 6) is -0.222. The quantitative estimate of drug-likeness (QED) is 0.740. The van der Waals surface area contributed by atoms with Crippen molar-refractivity contribution in [2.75, 3.05) is 13.1 Å². The minimum absolute atomic E-state index is 0.222. The summed E-state index contributed by atoms with van der Waals surface area (Å²) in [4.78, 5) is 23.0.